The van der Waals surface area contributed by atoms with Gasteiger partial charge in [-0.25, -0.2) is 4.98 Å². The molecule has 0 atom stereocenters. The summed E-state index contributed by atoms with van der Waals surface area (Å²) in [6.07, 6.45) is 1.76. The Kier molecular flexibility index (Phi) is 3.57. The second kappa shape index (κ2) is 5.14. The standard InChI is InChI=1S/C12H14N4OS/c1-7-8(2)18-12(15-7)16-11(17)5-10-4-3-9(13)6-14-10/h3-4,6H,5,13H2,1-2H3,(H,15,16,17). The van der Waals surface area contributed by atoms with Crippen LogP contribution in [0.15, 0.2) is 18.3 Å². The number of hydrogen-bond donors (Lipinski definition) is 2. The van der Waals surface area contributed by atoms with Crippen LogP contribution in [-0.2, 0) is 11.2 Å². The second-order valence-corrected chi connectivity index (χ2v) is 5.17. The van der Waals surface area contributed by atoms with Crippen molar-refractivity contribution in [2.24, 2.45) is 0 Å². The van der Waals surface area contributed by atoms with Crippen molar-refractivity contribution in [3.8, 4) is 0 Å². The van der Waals surface area contributed by atoms with E-state index in [4.69, 9.17) is 5.73 Å². The molecule has 2 rings (SSSR count). The summed E-state index contributed by atoms with van der Waals surface area (Å²) in [4.78, 5) is 21.2. The van der Waals surface area contributed by atoms with E-state index < -0.39 is 0 Å². The first-order valence-corrected chi connectivity index (χ1v) is 6.30. The number of hydrogen-bond acceptors (Lipinski definition) is 5. The first-order chi connectivity index (χ1) is 8.54. The van der Waals surface area contributed by atoms with Crippen molar-refractivity contribution < 1.29 is 4.79 Å². The third-order valence-corrected chi connectivity index (χ3v) is 3.45. The van der Waals surface area contributed by atoms with Crippen molar-refractivity contribution in [2.45, 2.75) is 20.3 Å². The monoisotopic (exact) mass is 262 g/mol. The molecule has 0 saturated heterocycles. The van der Waals surface area contributed by atoms with E-state index in [0.717, 1.165) is 10.6 Å². The molecule has 0 radical (unpaired) electrons. The summed E-state index contributed by atoms with van der Waals surface area (Å²) in [5, 5.41) is 3.39. The van der Waals surface area contributed by atoms with Gasteiger partial charge in [0.25, 0.3) is 0 Å². The Morgan fingerprint density at radius 2 is 2.22 bits per heavy atom. The van der Waals surface area contributed by atoms with Gasteiger partial charge in [0.1, 0.15) is 0 Å². The summed E-state index contributed by atoms with van der Waals surface area (Å²) >= 11 is 1.47. The van der Waals surface area contributed by atoms with E-state index >= 15 is 0 Å². The zero-order valence-electron chi connectivity index (χ0n) is 10.2. The number of nitrogens with two attached hydrogens (primary N) is 1. The number of aryl methyl sites for hydroxylation is 2. The summed E-state index contributed by atoms with van der Waals surface area (Å²) in [5.41, 5.74) is 7.75. The average molecular weight is 262 g/mol. The fourth-order valence-corrected chi connectivity index (χ4v) is 2.23. The molecule has 2 aromatic heterocycles. The van der Waals surface area contributed by atoms with Crippen LogP contribution in [0.5, 0.6) is 0 Å². The molecule has 0 spiro atoms. The second-order valence-electron chi connectivity index (χ2n) is 3.97. The van der Waals surface area contributed by atoms with E-state index in [2.05, 4.69) is 15.3 Å². The van der Waals surface area contributed by atoms with E-state index in [0.29, 0.717) is 16.5 Å². The first kappa shape index (κ1) is 12.5. The number of aromatic nitrogens is 2. The van der Waals surface area contributed by atoms with Gasteiger partial charge in [-0.3, -0.25) is 9.78 Å². The predicted octanol–water partition coefficient (Wildman–Crippen LogP) is 1.92. The minimum absolute atomic E-state index is 0.124. The Morgan fingerprint density at radius 1 is 1.44 bits per heavy atom. The Labute approximate surface area is 109 Å². The molecule has 1 amide bonds. The molecule has 6 heteroatoms. The molecular formula is C12H14N4OS. The molecule has 5 nitrogen and oxygen atoms in total. The summed E-state index contributed by atoms with van der Waals surface area (Å²) < 4.78 is 0. The number of carbonyl (C=O) groups excluding carboxylic acids is 1. The largest absolute Gasteiger partial charge is 0.397 e. The van der Waals surface area contributed by atoms with Gasteiger partial charge in [-0.1, -0.05) is 0 Å². The maximum atomic E-state index is 11.8. The van der Waals surface area contributed by atoms with Gasteiger partial charge >= 0.3 is 0 Å². The molecule has 0 aliphatic rings. The van der Waals surface area contributed by atoms with E-state index in [9.17, 15) is 4.79 Å². The Bertz CT molecular complexity index is 542. The molecule has 18 heavy (non-hydrogen) atoms. The van der Waals surface area contributed by atoms with E-state index in [-0.39, 0.29) is 12.3 Å². The van der Waals surface area contributed by atoms with Crippen LogP contribution in [0.3, 0.4) is 0 Å². The number of nitrogens with one attached hydrogen (secondary N) is 1. The van der Waals surface area contributed by atoms with Gasteiger partial charge in [0.15, 0.2) is 5.13 Å². The fourth-order valence-electron chi connectivity index (χ4n) is 1.39. The molecule has 0 fully saturated rings. The van der Waals surface area contributed by atoms with Crippen LogP contribution < -0.4 is 11.1 Å². The lowest BCUT2D eigenvalue weighted by atomic mass is 10.2. The number of carbonyl (C=O) groups is 1. The Morgan fingerprint density at radius 3 is 2.78 bits per heavy atom. The van der Waals surface area contributed by atoms with Crippen molar-refractivity contribution in [2.75, 3.05) is 11.1 Å². The molecule has 3 N–H and O–H groups in total. The summed E-state index contributed by atoms with van der Waals surface area (Å²) in [7, 11) is 0. The predicted molar refractivity (Wildman–Crippen MR) is 72.6 cm³/mol. The quantitative estimate of drug-likeness (QED) is 0.885. The van der Waals surface area contributed by atoms with Gasteiger partial charge < -0.3 is 11.1 Å². The third-order valence-electron chi connectivity index (χ3n) is 2.46. The maximum Gasteiger partial charge on any atom is 0.232 e. The molecule has 2 heterocycles. The first-order valence-electron chi connectivity index (χ1n) is 5.49. The number of amides is 1. The molecule has 2 aromatic rings. The zero-order valence-corrected chi connectivity index (χ0v) is 11.0. The molecule has 0 saturated carbocycles. The summed E-state index contributed by atoms with van der Waals surface area (Å²) in [6.45, 7) is 3.90. The lowest BCUT2D eigenvalue weighted by Crippen LogP contribution is -2.15. The lowest BCUT2D eigenvalue weighted by Gasteiger charge is -2.01. The molecular weight excluding hydrogens is 248 g/mol. The van der Waals surface area contributed by atoms with Crippen LogP contribution in [0.25, 0.3) is 0 Å². The van der Waals surface area contributed by atoms with Crippen LogP contribution in [0, 0.1) is 13.8 Å². The highest BCUT2D eigenvalue weighted by molar-refractivity contribution is 7.15. The molecule has 94 valence electrons. The van der Waals surface area contributed by atoms with E-state index in [1.54, 1.807) is 18.3 Å². The number of thiazole rings is 1. The van der Waals surface area contributed by atoms with Crippen LogP contribution in [0.4, 0.5) is 10.8 Å². The molecule has 0 aromatic carbocycles. The molecule has 0 unspecified atom stereocenters. The van der Waals surface area contributed by atoms with Gasteiger partial charge in [-0.2, -0.15) is 0 Å². The Hall–Kier alpha value is -1.95. The van der Waals surface area contributed by atoms with Gasteiger partial charge in [-0.05, 0) is 26.0 Å². The lowest BCUT2D eigenvalue weighted by molar-refractivity contribution is -0.115. The SMILES string of the molecule is Cc1nc(NC(=O)Cc2ccc(N)cn2)sc1C. The average Bonchev–Trinajstić information content (AvgIpc) is 2.61. The minimum Gasteiger partial charge on any atom is -0.397 e. The highest BCUT2D eigenvalue weighted by Crippen LogP contribution is 2.21. The van der Waals surface area contributed by atoms with E-state index in [1.807, 2.05) is 13.8 Å². The van der Waals surface area contributed by atoms with Crippen molar-refractivity contribution in [3.05, 3.63) is 34.6 Å². The van der Waals surface area contributed by atoms with Crippen LogP contribution in [0.2, 0.25) is 0 Å². The van der Waals surface area contributed by atoms with Crippen molar-refractivity contribution in [3.63, 3.8) is 0 Å². The van der Waals surface area contributed by atoms with Gasteiger partial charge in [0.2, 0.25) is 5.91 Å². The topological polar surface area (TPSA) is 80.9 Å². The smallest absolute Gasteiger partial charge is 0.232 e. The number of rotatable bonds is 3. The minimum atomic E-state index is -0.124. The van der Waals surface area contributed by atoms with Crippen molar-refractivity contribution in [1.82, 2.24) is 9.97 Å². The van der Waals surface area contributed by atoms with Crippen LogP contribution in [0.1, 0.15) is 16.3 Å². The number of nitrogens with zero attached hydrogens (tertiary/aromatic N) is 2. The number of anilines is 2. The zero-order chi connectivity index (χ0) is 13.1. The maximum absolute atomic E-state index is 11.8. The number of nitrogen functional groups attached to an aromatic ring is 1. The third kappa shape index (κ3) is 3.04. The molecule has 0 aliphatic carbocycles. The fraction of sp³-hybridized carbons (Fsp3) is 0.250. The molecule has 0 aliphatic heterocycles. The summed E-state index contributed by atoms with van der Waals surface area (Å²) in [5.74, 6) is -0.124. The number of pyridine rings is 1. The van der Waals surface area contributed by atoms with E-state index in [1.165, 1.54) is 11.3 Å². The van der Waals surface area contributed by atoms with Gasteiger partial charge in [-0.15, -0.1) is 11.3 Å². The summed E-state index contributed by atoms with van der Waals surface area (Å²) in [6, 6.07) is 3.47. The van der Waals surface area contributed by atoms with Gasteiger partial charge in [0.05, 0.1) is 24.0 Å². The van der Waals surface area contributed by atoms with Crippen molar-refractivity contribution in [1.29, 1.82) is 0 Å². The van der Waals surface area contributed by atoms with Crippen LogP contribution >= 0.6 is 11.3 Å². The highest BCUT2D eigenvalue weighted by atomic mass is 32.1. The van der Waals surface area contributed by atoms with Gasteiger partial charge in [0, 0.05) is 10.6 Å². The van der Waals surface area contributed by atoms with Crippen LogP contribution in [-0.4, -0.2) is 15.9 Å². The Balaban J connectivity index is 1.98. The molecule has 0 bridgehead atoms. The van der Waals surface area contributed by atoms with Crippen molar-refractivity contribution >= 4 is 28.1 Å². The normalized spacial score (nSPS) is 10.3. The highest BCUT2D eigenvalue weighted by Gasteiger charge is 2.09.